The standard InChI is InChI=1S/C8H3F12NO2/c9-3(10)1-22-8(19,20)5(13,6(14,15)16)23-7(17,18)4(11,12)2-21/h3H,1H2. The molecule has 0 radical (unpaired) electrons. The van der Waals surface area contributed by atoms with Crippen LogP contribution in [0.4, 0.5) is 52.7 Å². The van der Waals surface area contributed by atoms with Crippen LogP contribution in [0.1, 0.15) is 0 Å². The van der Waals surface area contributed by atoms with Gasteiger partial charge in [0, 0.05) is 0 Å². The molecule has 0 aliphatic rings. The highest BCUT2D eigenvalue weighted by Crippen LogP contribution is 2.51. The van der Waals surface area contributed by atoms with Gasteiger partial charge in [0.1, 0.15) is 12.7 Å². The molecule has 0 amide bonds. The number of hydrogen-bond acceptors (Lipinski definition) is 3. The monoisotopic (exact) mass is 373 g/mol. The van der Waals surface area contributed by atoms with Gasteiger partial charge in [-0.2, -0.15) is 49.2 Å². The predicted octanol–water partition coefficient (Wildman–Crippen LogP) is 3.86. The van der Waals surface area contributed by atoms with Gasteiger partial charge in [0.25, 0.3) is 6.43 Å². The van der Waals surface area contributed by atoms with Crippen LogP contribution < -0.4 is 0 Å². The molecule has 0 aliphatic heterocycles. The minimum absolute atomic E-state index is 0.591. The highest BCUT2D eigenvalue weighted by molar-refractivity contribution is 5.00. The highest BCUT2D eigenvalue weighted by atomic mass is 19.4. The first-order valence-electron chi connectivity index (χ1n) is 4.86. The van der Waals surface area contributed by atoms with E-state index in [1.807, 2.05) is 4.74 Å². The summed E-state index contributed by atoms with van der Waals surface area (Å²) in [6.45, 7) is -2.57. The average Bonchev–Trinajstić information content (AvgIpc) is 2.34. The lowest BCUT2D eigenvalue weighted by Crippen LogP contribution is -2.63. The Morgan fingerprint density at radius 3 is 1.57 bits per heavy atom. The second-order valence-corrected chi connectivity index (χ2v) is 3.62. The normalized spacial score (nSPS) is 17.0. The minimum atomic E-state index is -7.13. The van der Waals surface area contributed by atoms with E-state index < -0.39 is 49.3 Å². The van der Waals surface area contributed by atoms with E-state index in [0.29, 0.717) is 0 Å². The molecule has 0 aromatic heterocycles. The topological polar surface area (TPSA) is 42.2 Å². The fourth-order valence-electron chi connectivity index (χ4n) is 0.849. The smallest absolute Gasteiger partial charge is 0.310 e. The molecule has 0 aromatic rings. The van der Waals surface area contributed by atoms with Crippen molar-refractivity contribution < 1.29 is 62.2 Å². The summed E-state index contributed by atoms with van der Waals surface area (Å²) in [4.78, 5) is 0. The van der Waals surface area contributed by atoms with Gasteiger partial charge in [0.05, 0.1) is 0 Å². The zero-order valence-electron chi connectivity index (χ0n) is 10.1. The summed E-state index contributed by atoms with van der Waals surface area (Å²) < 4.78 is 154. The van der Waals surface area contributed by atoms with Gasteiger partial charge in [-0.3, -0.25) is 4.74 Å². The molecule has 0 rings (SSSR count). The maximum Gasteiger partial charge on any atom is 0.458 e. The van der Waals surface area contributed by atoms with Crippen LogP contribution in [0.25, 0.3) is 0 Å². The Labute approximate surface area is 118 Å². The number of alkyl halides is 12. The van der Waals surface area contributed by atoms with Crippen LogP contribution in [-0.4, -0.2) is 43.2 Å². The largest absolute Gasteiger partial charge is 0.458 e. The Morgan fingerprint density at radius 2 is 1.26 bits per heavy atom. The van der Waals surface area contributed by atoms with E-state index in [0.717, 1.165) is 0 Å². The van der Waals surface area contributed by atoms with Gasteiger partial charge in [0.15, 0.2) is 0 Å². The van der Waals surface area contributed by atoms with Crippen molar-refractivity contribution in [3.63, 3.8) is 0 Å². The van der Waals surface area contributed by atoms with Crippen LogP contribution in [0.5, 0.6) is 0 Å². The lowest BCUT2D eigenvalue weighted by Gasteiger charge is -2.36. The summed E-state index contributed by atoms with van der Waals surface area (Å²) in [7, 11) is 0. The van der Waals surface area contributed by atoms with Crippen LogP contribution in [-0.2, 0) is 9.47 Å². The summed E-state index contributed by atoms with van der Waals surface area (Å²) in [5, 5.41) is 7.63. The predicted molar refractivity (Wildman–Crippen MR) is 43.4 cm³/mol. The second kappa shape index (κ2) is 6.23. The van der Waals surface area contributed by atoms with Crippen LogP contribution in [0.3, 0.4) is 0 Å². The molecule has 0 spiro atoms. The van der Waals surface area contributed by atoms with Crippen molar-refractivity contribution in [3.05, 3.63) is 0 Å². The van der Waals surface area contributed by atoms with Gasteiger partial charge in [0.2, 0.25) is 0 Å². The molecule has 1 atom stereocenters. The van der Waals surface area contributed by atoms with E-state index in [1.165, 1.54) is 0 Å². The molecule has 15 heteroatoms. The van der Waals surface area contributed by atoms with E-state index >= 15 is 0 Å². The Kier molecular flexibility index (Phi) is 5.84. The van der Waals surface area contributed by atoms with Crippen molar-refractivity contribution in [2.75, 3.05) is 6.61 Å². The zero-order valence-corrected chi connectivity index (χ0v) is 10.1. The molecule has 0 saturated heterocycles. The highest BCUT2D eigenvalue weighted by Gasteiger charge is 2.80. The Morgan fingerprint density at radius 1 is 0.826 bits per heavy atom. The van der Waals surface area contributed by atoms with Crippen LogP contribution >= 0.6 is 0 Å². The number of ether oxygens (including phenoxy) is 2. The molecular formula is C8H3F12NO2. The summed E-state index contributed by atoms with van der Waals surface area (Å²) in [5.41, 5.74) is 0. The lowest BCUT2D eigenvalue weighted by atomic mass is 10.2. The van der Waals surface area contributed by atoms with Gasteiger partial charge in [-0.15, -0.1) is 0 Å². The molecular weight excluding hydrogens is 370 g/mol. The van der Waals surface area contributed by atoms with Gasteiger partial charge in [-0.1, -0.05) is 0 Å². The molecule has 1 unspecified atom stereocenters. The summed E-state index contributed by atoms with van der Waals surface area (Å²) in [5.74, 6) is -13.1. The average molecular weight is 373 g/mol. The molecule has 0 aromatic carbocycles. The first-order valence-corrected chi connectivity index (χ1v) is 4.86. The van der Waals surface area contributed by atoms with E-state index in [1.54, 1.807) is 0 Å². The Balaban J connectivity index is 5.84. The third kappa shape index (κ3) is 4.31. The van der Waals surface area contributed by atoms with E-state index in [-0.39, 0.29) is 0 Å². The first kappa shape index (κ1) is 21.6. The molecule has 23 heavy (non-hydrogen) atoms. The maximum absolute atomic E-state index is 13.3. The molecule has 136 valence electrons. The van der Waals surface area contributed by atoms with Crippen molar-refractivity contribution in [2.45, 2.75) is 36.6 Å². The molecule has 0 fully saturated rings. The summed E-state index contributed by atoms with van der Waals surface area (Å²) in [6, 6.07) is -0.591. The van der Waals surface area contributed by atoms with Crippen LogP contribution in [0.15, 0.2) is 0 Å². The second-order valence-electron chi connectivity index (χ2n) is 3.62. The van der Waals surface area contributed by atoms with E-state index in [9.17, 15) is 52.7 Å². The molecule has 0 saturated carbocycles. The van der Waals surface area contributed by atoms with Crippen molar-refractivity contribution >= 4 is 0 Å². The van der Waals surface area contributed by atoms with Gasteiger partial charge < -0.3 is 4.74 Å². The van der Waals surface area contributed by atoms with Gasteiger partial charge in [-0.25, -0.2) is 8.78 Å². The molecule has 0 bridgehead atoms. The van der Waals surface area contributed by atoms with E-state index in [2.05, 4.69) is 4.74 Å². The van der Waals surface area contributed by atoms with Crippen LogP contribution in [0, 0.1) is 11.3 Å². The first-order chi connectivity index (χ1) is 9.93. The van der Waals surface area contributed by atoms with E-state index in [4.69, 9.17) is 5.26 Å². The number of rotatable bonds is 7. The number of nitrogens with zero attached hydrogens (tertiary/aromatic N) is 1. The third-order valence-corrected chi connectivity index (χ3v) is 1.90. The number of nitriles is 1. The molecule has 0 heterocycles. The summed E-state index contributed by atoms with van der Waals surface area (Å²) in [6.07, 6.45) is -24.3. The number of hydrogen-bond donors (Lipinski definition) is 0. The van der Waals surface area contributed by atoms with Crippen molar-refractivity contribution in [1.29, 1.82) is 5.26 Å². The lowest BCUT2D eigenvalue weighted by molar-refractivity contribution is -0.515. The van der Waals surface area contributed by atoms with Gasteiger partial charge >= 0.3 is 30.2 Å². The maximum atomic E-state index is 13.3. The zero-order chi connectivity index (χ0) is 18.9. The van der Waals surface area contributed by atoms with Crippen LogP contribution in [0.2, 0.25) is 0 Å². The van der Waals surface area contributed by atoms with Crippen molar-refractivity contribution in [3.8, 4) is 6.07 Å². The van der Waals surface area contributed by atoms with Crippen molar-refractivity contribution in [1.82, 2.24) is 0 Å². The number of halogens is 12. The molecule has 3 nitrogen and oxygen atoms in total. The molecule has 0 N–H and O–H groups in total. The fraction of sp³-hybridized carbons (Fsp3) is 0.875. The molecule has 0 aliphatic carbocycles. The Bertz CT molecular complexity index is 455. The minimum Gasteiger partial charge on any atom is -0.310 e. The Hall–Kier alpha value is -1.43. The summed E-state index contributed by atoms with van der Waals surface area (Å²) >= 11 is 0. The van der Waals surface area contributed by atoms with Crippen molar-refractivity contribution in [2.24, 2.45) is 0 Å². The van der Waals surface area contributed by atoms with Gasteiger partial charge in [-0.05, 0) is 0 Å². The SMILES string of the molecule is N#CC(F)(F)C(F)(F)OC(F)(C(F)(F)F)C(F)(F)OCC(F)F. The third-order valence-electron chi connectivity index (χ3n) is 1.90. The quantitative estimate of drug-likeness (QED) is 0.637. The fourth-order valence-corrected chi connectivity index (χ4v) is 0.849.